The minimum Gasteiger partial charge on any atom is -0.368 e. The summed E-state index contributed by atoms with van der Waals surface area (Å²) >= 11 is 1.39. The average molecular weight is 222 g/mol. The maximum absolute atomic E-state index is 9.75. The Morgan fingerprint density at radius 3 is 2.87 bits per heavy atom. The van der Waals surface area contributed by atoms with Gasteiger partial charge in [0, 0.05) is 6.20 Å². The van der Waals surface area contributed by atoms with E-state index < -0.39 is 6.23 Å². The van der Waals surface area contributed by atoms with Gasteiger partial charge in [0.1, 0.15) is 5.01 Å². The van der Waals surface area contributed by atoms with Crippen LogP contribution in [0.5, 0.6) is 0 Å². The van der Waals surface area contributed by atoms with Crippen molar-refractivity contribution in [1.82, 2.24) is 15.2 Å². The first-order chi connectivity index (χ1) is 7.25. The fourth-order valence-corrected chi connectivity index (χ4v) is 1.70. The molecule has 0 saturated heterocycles. The van der Waals surface area contributed by atoms with Gasteiger partial charge in [0.2, 0.25) is 5.13 Å². The van der Waals surface area contributed by atoms with Crippen molar-refractivity contribution in [3.8, 4) is 0 Å². The second kappa shape index (κ2) is 4.33. The van der Waals surface area contributed by atoms with E-state index in [9.17, 15) is 5.11 Å². The van der Waals surface area contributed by atoms with Crippen molar-refractivity contribution in [1.29, 1.82) is 0 Å². The Kier molecular flexibility index (Phi) is 2.89. The highest BCUT2D eigenvalue weighted by Crippen LogP contribution is 2.18. The Labute approximate surface area is 90.8 Å². The molecule has 2 heterocycles. The highest BCUT2D eigenvalue weighted by molar-refractivity contribution is 7.15. The first-order valence-corrected chi connectivity index (χ1v) is 5.23. The van der Waals surface area contributed by atoms with Gasteiger partial charge in [0.15, 0.2) is 6.23 Å². The van der Waals surface area contributed by atoms with Gasteiger partial charge in [-0.25, -0.2) is 0 Å². The fourth-order valence-electron chi connectivity index (χ4n) is 1.08. The predicted octanol–water partition coefficient (Wildman–Crippen LogP) is 1.34. The summed E-state index contributed by atoms with van der Waals surface area (Å²) in [6, 6.07) is 5.36. The van der Waals surface area contributed by atoms with Crippen molar-refractivity contribution in [2.45, 2.75) is 13.2 Å². The van der Waals surface area contributed by atoms with Gasteiger partial charge < -0.3 is 10.4 Å². The number of nitrogens with one attached hydrogen (secondary N) is 1. The molecular weight excluding hydrogens is 212 g/mol. The van der Waals surface area contributed by atoms with Crippen molar-refractivity contribution in [3.63, 3.8) is 0 Å². The third-order valence-corrected chi connectivity index (χ3v) is 2.52. The lowest BCUT2D eigenvalue weighted by atomic mass is 10.3. The van der Waals surface area contributed by atoms with Gasteiger partial charge in [0.25, 0.3) is 0 Å². The molecule has 0 aliphatic rings. The molecule has 78 valence electrons. The van der Waals surface area contributed by atoms with Crippen LogP contribution in [0.15, 0.2) is 24.4 Å². The molecule has 0 fully saturated rings. The molecule has 2 aromatic rings. The molecule has 2 aromatic heterocycles. The van der Waals surface area contributed by atoms with Gasteiger partial charge in [-0.2, -0.15) is 0 Å². The molecule has 2 rings (SSSR count). The van der Waals surface area contributed by atoms with Crippen LogP contribution in [0, 0.1) is 6.92 Å². The Morgan fingerprint density at radius 1 is 1.40 bits per heavy atom. The fraction of sp³-hybridized carbons (Fsp3) is 0.222. The summed E-state index contributed by atoms with van der Waals surface area (Å²) in [7, 11) is 0. The van der Waals surface area contributed by atoms with Gasteiger partial charge in [0.05, 0.1) is 5.69 Å². The highest BCUT2D eigenvalue weighted by Gasteiger charge is 2.09. The number of pyridine rings is 1. The minimum absolute atomic E-state index is 0.561. The number of nitrogens with zero attached hydrogens (tertiary/aromatic N) is 3. The van der Waals surface area contributed by atoms with Crippen LogP contribution >= 0.6 is 11.3 Å². The van der Waals surface area contributed by atoms with E-state index in [1.807, 2.05) is 13.0 Å². The third-order valence-electron chi connectivity index (χ3n) is 1.75. The van der Waals surface area contributed by atoms with E-state index in [2.05, 4.69) is 20.5 Å². The van der Waals surface area contributed by atoms with Crippen molar-refractivity contribution in [3.05, 3.63) is 35.1 Å². The summed E-state index contributed by atoms with van der Waals surface area (Å²) in [5, 5.41) is 21.7. The number of hydrogen-bond donors (Lipinski definition) is 2. The lowest BCUT2D eigenvalue weighted by molar-refractivity contribution is 0.203. The largest absolute Gasteiger partial charge is 0.368 e. The normalized spacial score (nSPS) is 12.4. The van der Waals surface area contributed by atoms with Crippen LogP contribution in [0.3, 0.4) is 0 Å². The van der Waals surface area contributed by atoms with E-state index in [1.54, 1.807) is 18.3 Å². The second-order valence-corrected chi connectivity index (χ2v) is 4.11. The van der Waals surface area contributed by atoms with E-state index in [-0.39, 0.29) is 0 Å². The van der Waals surface area contributed by atoms with Crippen molar-refractivity contribution < 1.29 is 5.11 Å². The monoisotopic (exact) mass is 222 g/mol. The first-order valence-electron chi connectivity index (χ1n) is 4.41. The van der Waals surface area contributed by atoms with E-state index in [1.165, 1.54) is 11.3 Å². The molecule has 1 unspecified atom stereocenters. The third kappa shape index (κ3) is 2.48. The van der Waals surface area contributed by atoms with Gasteiger partial charge in [-0.3, -0.25) is 4.98 Å². The highest BCUT2D eigenvalue weighted by atomic mass is 32.1. The zero-order valence-electron chi connectivity index (χ0n) is 8.08. The minimum atomic E-state index is -0.849. The summed E-state index contributed by atoms with van der Waals surface area (Å²) < 4.78 is 0. The molecule has 0 spiro atoms. The van der Waals surface area contributed by atoms with Crippen LogP contribution in [-0.4, -0.2) is 20.3 Å². The molecule has 0 aliphatic carbocycles. The van der Waals surface area contributed by atoms with Gasteiger partial charge in [-0.15, -0.1) is 10.2 Å². The maximum atomic E-state index is 9.75. The first kappa shape index (κ1) is 10.0. The quantitative estimate of drug-likeness (QED) is 0.767. The van der Waals surface area contributed by atoms with E-state index in [0.717, 1.165) is 5.01 Å². The molecule has 0 aromatic carbocycles. The van der Waals surface area contributed by atoms with Crippen LogP contribution in [-0.2, 0) is 0 Å². The number of aliphatic hydroxyl groups is 1. The Balaban J connectivity index is 2.07. The lowest BCUT2D eigenvalue weighted by Gasteiger charge is -2.09. The van der Waals surface area contributed by atoms with Crippen LogP contribution in [0.4, 0.5) is 5.13 Å². The SMILES string of the molecule is Cc1nnc(NC(O)c2ccccn2)s1. The van der Waals surface area contributed by atoms with Crippen molar-refractivity contribution in [2.24, 2.45) is 0 Å². The molecule has 0 saturated carbocycles. The summed E-state index contributed by atoms with van der Waals surface area (Å²) in [5.74, 6) is 0. The molecule has 0 amide bonds. The Bertz CT molecular complexity index is 431. The summed E-state index contributed by atoms with van der Waals surface area (Å²) in [5.41, 5.74) is 0.561. The zero-order valence-corrected chi connectivity index (χ0v) is 8.90. The molecular formula is C9H10N4OS. The molecule has 0 aliphatic heterocycles. The number of hydrogen-bond acceptors (Lipinski definition) is 6. The number of aliphatic hydroxyl groups excluding tert-OH is 1. The molecule has 6 heteroatoms. The summed E-state index contributed by atoms with van der Waals surface area (Å²) in [6.07, 6.45) is 0.782. The van der Waals surface area contributed by atoms with E-state index in [0.29, 0.717) is 10.8 Å². The van der Waals surface area contributed by atoms with Gasteiger partial charge in [-0.1, -0.05) is 17.4 Å². The molecule has 0 bridgehead atoms. The standard InChI is InChI=1S/C9H10N4OS/c1-6-12-13-9(15-6)11-8(14)7-4-2-3-5-10-7/h2-5,8,14H,1H3,(H,11,13). The lowest BCUT2D eigenvalue weighted by Crippen LogP contribution is -2.10. The Morgan fingerprint density at radius 2 is 2.27 bits per heavy atom. The number of aromatic nitrogens is 3. The predicted molar refractivity (Wildman–Crippen MR) is 57.5 cm³/mol. The van der Waals surface area contributed by atoms with Gasteiger partial charge in [-0.05, 0) is 19.1 Å². The maximum Gasteiger partial charge on any atom is 0.207 e. The van der Waals surface area contributed by atoms with E-state index >= 15 is 0 Å². The van der Waals surface area contributed by atoms with E-state index in [4.69, 9.17) is 0 Å². The Hall–Kier alpha value is -1.53. The summed E-state index contributed by atoms with van der Waals surface area (Å²) in [6.45, 7) is 1.86. The van der Waals surface area contributed by atoms with Crippen molar-refractivity contribution in [2.75, 3.05) is 5.32 Å². The number of rotatable bonds is 3. The summed E-state index contributed by atoms with van der Waals surface area (Å²) in [4.78, 5) is 4.03. The average Bonchev–Trinajstić information content (AvgIpc) is 2.65. The molecule has 15 heavy (non-hydrogen) atoms. The van der Waals surface area contributed by atoms with Crippen LogP contribution in [0.1, 0.15) is 16.9 Å². The number of aryl methyl sites for hydroxylation is 1. The molecule has 1 atom stereocenters. The second-order valence-electron chi connectivity index (χ2n) is 2.93. The molecule has 5 nitrogen and oxygen atoms in total. The molecule has 0 radical (unpaired) electrons. The van der Waals surface area contributed by atoms with Crippen LogP contribution in [0.2, 0.25) is 0 Å². The zero-order chi connectivity index (χ0) is 10.7. The van der Waals surface area contributed by atoms with Crippen LogP contribution in [0.25, 0.3) is 0 Å². The smallest absolute Gasteiger partial charge is 0.207 e. The van der Waals surface area contributed by atoms with Gasteiger partial charge >= 0.3 is 0 Å². The topological polar surface area (TPSA) is 70.9 Å². The van der Waals surface area contributed by atoms with Crippen molar-refractivity contribution >= 4 is 16.5 Å². The molecule has 2 N–H and O–H groups in total. The van der Waals surface area contributed by atoms with Crippen LogP contribution < -0.4 is 5.32 Å². The number of anilines is 1.